The predicted octanol–water partition coefficient (Wildman–Crippen LogP) is 2.67. The summed E-state index contributed by atoms with van der Waals surface area (Å²) in [5.41, 5.74) is 3.83. The molecule has 2 heteroatoms. The molecule has 1 heterocycles. The molecule has 0 saturated heterocycles. The summed E-state index contributed by atoms with van der Waals surface area (Å²) in [6.07, 6.45) is 5.86. The highest BCUT2D eigenvalue weighted by atomic mass is 16.1. The van der Waals surface area contributed by atoms with Crippen LogP contribution in [0.2, 0.25) is 0 Å². The van der Waals surface area contributed by atoms with Crippen LogP contribution in [0, 0.1) is 0 Å². The minimum atomic E-state index is 0.0924. The number of nitrogens with zero attached hydrogens (tertiary/aromatic N) is 1. The second-order valence-corrected chi connectivity index (χ2v) is 4.36. The fourth-order valence-electron chi connectivity index (χ4n) is 2.12. The van der Waals surface area contributed by atoms with Crippen LogP contribution >= 0.6 is 0 Å². The number of aryl methyl sites for hydroxylation is 1. The van der Waals surface area contributed by atoms with Crippen molar-refractivity contribution < 1.29 is 4.79 Å². The highest BCUT2D eigenvalue weighted by Crippen LogP contribution is 2.27. The quantitative estimate of drug-likeness (QED) is 0.707. The molecule has 0 radical (unpaired) electrons. The van der Waals surface area contributed by atoms with Gasteiger partial charge in [-0.15, -0.1) is 0 Å². The standard InChI is InChI=1S/C14H17NO/c1-11(16)5-6-12-7-8-14-13(10-12)4-3-9-15(14)2/h5-8,10H,3-4,9H2,1-2H3. The van der Waals surface area contributed by atoms with Crippen molar-refractivity contribution in [3.8, 4) is 0 Å². The number of hydrogen-bond donors (Lipinski definition) is 0. The van der Waals surface area contributed by atoms with E-state index in [1.807, 2.05) is 6.08 Å². The highest BCUT2D eigenvalue weighted by molar-refractivity contribution is 5.91. The molecule has 0 saturated carbocycles. The summed E-state index contributed by atoms with van der Waals surface area (Å²) in [6, 6.07) is 6.40. The van der Waals surface area contributed by atoms with Gasteiger partial charge in [0.15, 0.2) is 5.78 Å². The van der Waals surface area contributed by atoms with Crippen LogP contribution in [0.4, 0.5) is 5.69 Å². The Balaban J connectivity index is 2.28. The second-order valence-electron chi connectivity index (χ2n) is 4.36. The number of carbonyl (C=O) groups is 1. The average molecular weight is 215 g/mol. The van der Waals surface area contributed by atoms with Crippen LogP contribution in [-0.2, 0) is 11.2 Å². The van der Waals surface area contributed by atoms with Crippen LogP contribution in [0.5, 0.6) is 0 Å². The smallest absolute Gasteiger partial charge is 0.152 e. The SMILES string of the molecule is CC(=O)C=Cc1ccc2c(c1)CCCN2C. The molecule has 84 valence electrons. The molecule has 0 aromatic heterocycles. The molecule has 0 spiro atoms. The fourth-order valence-corrected chi connectivity index (χ4v) is 2.12. The molecule has 1 aromatic carbocycles. The lowest BCUT2D eigenvalue weighted by Gasteiger charge is -2.27. The van der Waals surface area contributed by atoms with Gasteiger partial charge in [0.1, 0.15) is 0 Å². The number of ketones is 1. The molecular formula is C14H17NO. The molecular weight excluding hydrogens is 198 g/mol. The van der Waals surface area contributed by atoms with E-state index in [0.717, 1.165) is 18.5 Å². The molecule has 0 N–H and O–H groups in total. The Morgan fingerprint density at radius 1 is 1.44 bits per heavy atom. The van der Waals surface area contributed by atoms with Crippen LogP contribution in [0.15, 0.2) is 24.3 Å². The highest BCUT2D eigenvalue weighted by Gasteiger charge is 2.12. The van der Waals surface area contributed by atoms with Gasteiger partial charge in [0.05, 0.1) is 0 Å². The Bertz CT molecular complexity index is 434. The van der Waals surface area contributed by atoms with E-state index >= 15 is 0 Å². The number of carbonyl (C=O) groups excluding carboxylic acids is 1. The summed E-state index contributed by atoms with van der Waals surface area (Å²) < 4.78 is 0. The molecule has 0 bridgehead atoms. The maximum absolute atomic E-state index is 10.9. The van der Waals surface area contributed by atoms with Gasteiger partial charge in [-0.3, -0.25) is 4.79 Å². The zero-order valence-electron chi connectivity index (χ0n) is 9.86. The number of hydrogen-bond acceptors (Lipinski definition) is 2. The van der Waals surface area contributed by atoms with Gasteiger partial charge in [-0.25, -0.2) is 0 Å². The van der Waals surface area contributed by atoms with E-state index < -0.39 is 0 Å². The van der Waals surface area contributed by atoms with Crippen molar-refractivity contribution in [2.75, 3.05) is 18.5 Å². The molecule has 0 unspecified atom stereocenters. The Labute approximate surface area is 96.6 Å². The Hall–Kier alpha value is -1.57. The molecule has 0 fully saturated rings. The van der Waals surface area contributed by atoms with Gasteiger partial charge in [-0.1, -0.05) is 12.1 Å². The zero-order chi connectivity index (χ0) is 11.5. The van der Waals surface area contributed by atoms with Gasteiger partial charge in [0.2, 0.25) is 0 Å². The largest absolute Gasteiger partial charge is 0.374 e. The first-order valence-corrected chi connectivity index (χ1v) is 5.69. The topological polar surface area (TPSA) is 20.3 Å². The van der Waals surface area contributed by atoms with Crippen molar-refractivity contribution in [1.29, 1.82) is 0 Å². The van der Waals surface area contributed by atoms with Crippen LogP contribution in [-0.4, -0.2) is 19.4 Å². The lowest BCUT2D eigenvalue weighted by molar-refractivity contribution is -0.112. The van der Waals surface area contributed by atoms with Crippen molar-refractivity contribution in [1.82, 2.24) is 0 Å². The first kappa shape index (κ1) is 10.9. The minimum absolute atomic E-state index is 0.0924. The van der Waals surface area contributed by atoms with Crippen LogP contribution in [0.1, 0.15) is 24.5 Å². The maximum atomic E-state index is 10.9. The second kappa shape index (κ2) is 4.52. The Kier molecular flexibility index (Phi) is 3.09. The summed E-state index contributed by atoms with van der Waals surface area (Å²) in [6.45, 7) is 2.71. The van der Waals surface area contributed by atoms with E-state index in [9.17, 15) is 4.79 Å². The molecule has 0 atom stereocenters. The molecule has 1 aromatic rings. The Morgan fingerprint density at radius 3 is 3.00 bits per heavy atom. The summed E-state index contributed by atoms with van der Waals surface area (Å²) in [5, 5.41) is 0. The van der Waals surface area contributed by atoms with Crippen molar-refractivity contribution in [2.45, 2.75) is 19.8 Å². The van der Waals surface area contributed by atoms with Crippen molar-refractivity contribution >= 4 is 17.5 Å². The van der Waals surface area contributed by atoms with Crippen LogP contribution in [0.25, 0.3) is 6.08 Å². The fraction of sp³-hybridized carbons (Fsp3) is 0.357. The normalized spacial score (nSPS) is 15.2. The first-order chi connectivity index (χ1) is 7.66. The molecule has 1 aliphatic rings. The van der Waals surface area contributed by atoms with E-state index in [4.69, 9.17) is 0 Å². The van der Waals surface area contributed by atoms with E-state index in [2.05, 4.69) is 30.1 Å². The van der Waals surface area contributed by atoms with Gasteiger partial charge in [0, 0.05) is 19.3 Å². The van der Waals surface area contributed by atoms with E-state index in [1.54, 1.807) is 13.0 Å². The van der Waals surface area contributed by atoms with E-state index in [1.165, 1.54) is 17.7 Å². The van der Waals surface area contributed by atoms with Crippen molar-refractivity contribution in [3.05, 3.63) is 35.4 Å². The third-order valence-corrected chi connectivity index (χ3v) is 2.96. The lowest BCUT2D eigenvalue weighted by atomic mass is 9.99. The summed E-state index contributed by atoms with van der Waals surface area (Å²) in [5.74, 6) is 0.0924. The van der Waals surface area contributed by atoms with Gasteiger partial charge in [0.25, 0.3) is 0 Å². The molecule has 2 nitrogen and oxygen atoms in total. The summed E-state index contributed by atoms with van der Waals surface area (Å²) >= 11 is 0. The first-order valence-electron chi connectivity index (χ1n) is 5.69. The third-order valence-electron chi connectivity index (χ3n) is 2.96. The summed E-state index contributed by atoms with van der Waals surface area (Å²) in [7, 11) is 2.13. The van der Waals surface area contributed by atoms with Gasteiger partial charge in [-0.2, -0.15) is 0 Å². The number of allylic oxidation sites excluding steroid dienone is 1. The predicted molar refractivity (Wildman–Crippen MR) is 67.7 cm³/mol. The third kappa shape index (κ3) is 2.32. The number of anilines is 1. The molecule has 1 aliphatic heterocycles. The van der Waals surface area contributed by atoms with Crippen LogP contribution < -0.4 is 4.90 Å². The monoisotopic (exact) mass is 215 g/mol. The summed E-state index contributed by atoms with van der Waals surface area (Å²) in [4.78, 5) is 13.2. The van der Waals surface area contributed by atoms with Gasteiger partial charge in [-0.05, 0) is 49.1 Å². The average Bonchev–Trinajstić information content (AvgIpc) is 2.26. The molecule has 0 aliphatic carbocycles. The molecule has 16 heavy (non-hydrogen) atoms. The van der Waals surface area contributed by atoms with E-state index in [-0.39, 0.29) is 5.78 Å². The molecule has 2 rings (SSSR count). The van der Waals surface area contributed by atoms with Gasteiger partial charge >= 0.3 is 0 Å². The van der Waals surface area contributed by atoms with E-state index in [0.29, 0.717) is 0 Å². The minimum Gasteiger partial charge on any atom is -0.374 e. The zero-order valence-corrected chi connectivity index (χ0v) is 9.86. The van der Waals surface area contributed by atoms with Crippen LogP contribution in [0.3, 0.4) is 0 Å². The maximum Gasteiger partial charge on any atom is 0.152 e. The Morgan fingerprint density at radius 2 is 2.25 bits per heavy atom. The van der Waals surface area contributed by atoms with Crippen molar-refractivity contribution in [3.63, 3.8) is 0 Å². The molecule has 0 amide bonds. The number of fused-ring (bicyclic) bond motifs is 1. The lowest BCUT2D eigenvalue weighted by Crippen LogP contribution is -2.24. The number of rotatable bonds is 2. The number of benzene rings is 1. The van der Waals surface area contributed by atoms with Crippen molar-refractivity contribution in [2.24, 2.45) is 0 Å². The van der Waals surface area contributed by atoms with Gasteiger partial charge < -0.3 is 4.90 Å².